The summed E-state index contributed by atoms with van der Waals surface area (Å²) in [5.74, 6) is 0.829. The fourth-order valence-electron chi connectivity index (χ4n) is 1.71. The minimum absolute atomic E-state index is 0.282. The van der Waals surface area contributed by atoms with E-state index >= 15 is 0 Å². The fraction of sp³-hybridized carbons (Fsp3) is 0.538. The fourth-order valence-corrected chi connectivity index (χ4v) is 1.71. The average Bonchev–Trinajstić information content (AvgIpc) is 2.25. The molecule has 0 aliphatic rings. The van der Waals surface area contributed by atoms with Crippen LogP contribution in [-0.4, -0.2) is 7.11 Å². The molecule has 1 unspecified atom stereocenters. The lowest BCUT2D eigenvalue weighted by Crippen LogP contribution is -2.14. The molecular formula is C13H20FNO. The van der Waals surface area contributed by atoms with Crippen molar-refractivity contribution in [2.45, 2.75) is 32.7 Å². The number of rotatable bonds is 5. The van der Waals surface area contributed by atoms with Crippen molar-refractivity contribution >= 4 is 0 Å². The SMILES string of the molecule is COc1cccc(F)c1C(N)CCC(C)C. The third-order valence-corrected chi connectivity index (χ3v) is 2.66. The van der Waals surface area contributed by atoms with Crippen LogP contribution >= 0.6 is 0 Å². The zero-order chi connectivity index (χ0) is 12.1. The molecule has 2 N–H and O–H groups in total. The highest BCUT2D eigenvalue weighted by Crippen LogP contribution is 2.29. The molecule has 0 bridgehead atoms. The summed E-state index contributed by atoms with van der Waals surface area (Å²) in [6.07, 6.45) is 1.76. The average molecular weight is 225 g/mol. The van der Waals surface area contributed by atoms with Crippen LogP contribution in [0.3, 0.4) is 0 Å². The molecule has 1 aromatic rings. The van der Waals surface area contributed by atoms with Gasteiger partial charge in [-0.1, -0.05) is 19.9 Å². The molecule has 0 heterocycles. The van der Waals surface area contributed by atoms with E-state index in [0.717, 1.165) is 12.8 Å². The molecular weight excluding hydrogens is 205 g/mol. The van der Waals surface area contributed by atoms with Crippen molar-refractivity contribution in [3.63, 3.8) is 0 Å². The Labute approximate surface area is 96.6 Å². The highest BCUT2D eigenvalue weighted by Gasteiger charge is 2.16. The van der Waals surface area contributed by atoms with Gasteiger partial charge in [-0.15, -0.1) is 0 Å². The van der Waals surface area contributed by atoms with E-state index in [0.29, 0.717) is 17.2 Å². The molecule has 90 valence electrons. The van der Waals surface area contributed by atoms with Crippen LogP contribution in [0.15, 0.2) is 18.2 Å². The highest BCUT2D eigenvalue weighted by molar-refractivity contribution is 5.36. The van der Waals surface area contributed by atoms with Crippen LogP contribution in [0.25, 0.3) is 0 Å². The molecule has 3 heteroatoms. The van der Waals surface area contributed by atoms with E-state index in [1.54, 1.807) is 12.1 Å². The normalized spacial score (nSPS) is 12.9. The van der Waals surface area contributed by atoms with Gasteiger partial charge in [-0.05, 0) is 30.9 Å². The second-order valence-electron chi connectivity index (χ2n) is 4.43. The Kier molecular flexibility index (Phi) is 4.74. The molecule has 0 amide bonds. The summed E-state index contributed by atoms with van der Waals surface area (Å²) in [4.78, 5) is 0. The molecule has 0 saturated heterocycles. The lowest BCUT2D eigenvalue weighted by molar-refractivity contribution is 0.393. The minimum Gasteiger partial charge on any atom is -0.496 e. The summed E-state index contributed by atoms with van der Waals surface area (Å²) in [5, 5.41) is 0. The summed E-state index contributed by atoms with van der Waals surface area (Å²) in [6.45, 7) is 4.26. The molecule has 0 aliphatic carbocycles. The van der Waals surface area contributed by atoms with Crippen LogP contribution < -0.4 is 10.5 Å². The van der Waals surface area contributed by atoms with E-state index in [1.165, 1.54) is 13.2 Å². The number of halogens is 1. The predicted octanol–water partition coefficient (Wildman–Crippen LogP) is 3.27. The molecule has 0 radical (unpaired) electrons. The second-order valence-corrected chi connectivity index (χ2v) is 4.43. The highest BCUT2D eigenvalue weighted by atomic mass is 19.1. The number of ether oxygens (including phenoxy) is 1. The van der Waals surface area contributed by atoms with Gasteiger partial charge in [0, 0.05) is 11.6 Å². The lowest BCUT2D eigenvalue weighted by atomic mass is 9.97. The first-order chi connectivity index (χ1) is 7.56. The van der Waals surface area contributed by atoms with Crippen molar-refractivity contribution in [3.8, 4) is 5.75 Å². The van der Waals surface area contributed by atoms with Crippen molar-refractivity contribution < 1.29 is 9.13 Å². The predicted molar refractivity (Wildman–Crippen MR) is 64.0 cm³/mol. The Morgan fingerprint density at radius 3 is 2.56 bits per heavy atom. The summed E-state index contributed by atoms with van der Waals surface area (Å²) in [5.41, 5.74) is 6.49. The van der Waals surface area contributed by atoms with E-state index in [9.17, 15) is 4.39 Å². The van der Waals surface area contributed by atoms with Gasteiger partial charge in [0.25, 0.3) is 0 Å². The minimum atomic E-state index is -0.293. The van der Waals surface area contributed by atoms with Gasteiger partial charge in [0.1, 0.15) is 11.6 Å². The van der Waals surface area contributed by atoms with Crippen molar-refractivity contribution in [2.75, 3.05) is 7.11 Å². The number of hydrogen-bond donors (Lipinski definition) is 1. The smallest absolute Gasteiger partial charge is 0.131 e. The third kappa shape index (κ3) is 3.20. The van der Waals surface area contributed by atoms with Crippen LogP contribution in [-0.2, 0) is 0 Å². The number of hydrogen-bond acceptors (Lipinski definition) is 2. The number of nitrogens with two attached hydrogens (primary N) is 1. The lowest BCUT2D eigenvalue weighted by Gasteiger charge is -2.17. The van der Waals surface area contributed by atoms with Gasteiger partial charge in [0.05, 0.1) is 7.11 Å². The van der Waals surface area contributed by atoms with Crippen molar-refractivity contribution in [2.24, 2.45) is 11.7 Å². The maximum atomic E-state index is 13.7. The number of benzene rings is 1. The van der Waals surface area contributed by atoms with E-state index in [2.05, 4.69) is 13.8 Å². The summed E-state index contributed by atoms with van der Waals surface area (Å²) < 4.78 is 18.8. The van der Waals surface area contributed by atoms with Crippen LogP contribution in [0.2, 0.25) is 0 Å². The van der Waals surface area contributed by atoms with E-state index in [-0.39, 0.29) is 11.9 Å². The van der Waals surface area contributed by atoms with Crippen molar-refractivity contribution in [1.82, 2.24) is 0 Å². The van der Waals surface area contributed by atoms with Gasteiger partial charge in [-0.3, -0.25) is 0 Å². The Morgan fingerprint density at radius 2 is 2.00 bits per heavy atom. The maximum absolute atomic E-state index is 13.7. The molecule has 1 atom stereocenters. The van der Waals surface area contributed by atoms with Gasteiger partial charge < -0.3 is 10.5 Å². The van der Waals surface area contributed by atoms with Gasteiger partial charge in [0.2, 0.25) is 0 Å². The summed E-state index contributed by atoms with van der Waals surface area (Å²) in [6, 6.07) is 4.51. The second kappa shape index (κ2) is 5.85. The molecule has 0 aliphatic heterocycles. The molecule has 0 saturated carbocycles. The largest absolute Gasteiger partial charge is 0.496 e. The Bertz CT molecular complexity index is 339. The third-order valence-electron chi connectivity index (χ3n) is 2.66. The number of methoxy groups -OCH3 is 1. The first-order valence-electron chi connectivity index (χ1n) is 5.64. The van der Waals surface area contributed by atoms with Gasteiger partial charge >= 0.3 is 0 Å². The van der Waals surface area contributed by atoms with Crippen molar-refractivity contribution in [3.05, 3.63) is 29.6 Å². The zero-order valence-electron chi connectivity index (χ0n) is 10.2. The summed E-state index contributed by atoms with van der Waals surface area (Å²) in [7, 11) is 1.54. The standard InChI is InChI=1S/C13H20FNO/c1-9(2)7-8-11(15)13-10(14)5-4-6-12(13)16-3/h4-6,9,11H,7-8,15H2,1-3H3. The molecule has 1 aromatic carbocycles. The van der Waals surface area contributed by atoms with E-state index in [1.807, 2.05) is 0 Å². The molecule has 0 fully saturated rings. The maximum Gasteiger partial charge on any atom is 0.131 e. The summed E-state index contributed by atoms with van der Waals surface area (Å²) >= 11 is 0. The molecule has 0 spiro atoms. The van der Waals surface area contributed by atoms with Crippen LogP contribution in [0.4, 0.5) is 4.39 Å². The van der Waals surface area contributed by atoms with Gasteiger partial charge in [0.15, 0.2) is 0 Å². The quantitative estimate of drug-likeness (QED) is 0.834. The Morgan fingerprint density at radius 1 is 1.31 bits per heavy atom. The van der Waals surface area contributed by atoms with Crippen LogP contribution in [0.1, 0.15) is 38.3 Å². The van der Waals surface area contributed by atoms with E-state index < -0.39 is 0 Å². The molecule has 16 heavy (non-hydrogen) atoms. The Hall–Kier alpha value is -1.09. The molecule has 2 nitrogen and oxygen atoms in total. The molecule has 1 rings (SSSR count). The van der Waals surface area contributed by atoms with Crippen molar-refractivity contribution in [1.29, 1.82) is 0 Å². The van der Waals surface area contributed by atoms with Gasteiger partial charge in [-0.2, -0.15) is 0 Å². The monoisotopic (exact) mass is 225 g/mol. The first-order valence-corrected chi connectivity index (χ1v) is 5.64. The zero-order valence-corrected chi connectivity index (χ0v) is 10.2. The van der Waals surface area contributed by atoms with Crippen LogP contribution in [0.5, 0.6) is 5.75 Å². The Balaban J connectivity index is 2.84. The first kappa shape index (κ1) is 13.0. The molecule has 0 aromatic heterocycles. The van der Waals surface area contributed by atoms with Gasteiger partial charge in [-0.25, -0.2) is 4.39 Å². The van der Waals surface area contributed by atoms with E-state index in [4.69, 9.17) is 10.5 Å². The topological polar surface area (TPSA) is 35.2 Å². The van der Waals surface area contributed by atoms with Crippen LogP contribution in [0, 0.1) is 11.7 Å².